The molecule has 0 aliphatic carbocycles. The van der Waals surface area contributed by atoms with Gasteiger partial charge in [-0.25, -0.2) is 4.98 Å². The summed E-state index contributed by atoms with van der Waals surface area (Å²) in [6, 6.07) is 39.3. The van der Waals surface area contributed by atoms with Crippen molar-refractivity contribution in [2.24, 2.45) is 5.92 Å². The zero-order valence-corrected chi connectivity index (χ0v) is 22.0. The third kappa shape index (κ3) is 4.01. The summed E-state index contributed by atoms with van der Waals surface area (Å²) in [5, 5.41) is 12.1. The fourth-order valence-electron chi connectivity index (χ4n) is 5.19. The smallest absolute Gasteiger partial charge is 0.135 e. The van der Waals surface area contributed by atoms with E-state index in [1.807, 2.05) is 68.8 Å². The zero-order chi connectivity index (χ0) is 25.2. The van der Waals surface area contributed by atoms with Gasteiger partial charge in [0.1, 0.15) is 11.1 Å². The van der Waals surface area contributed by atoms with Crippen LogP contribution in [0.15, 0.2) is 132 Å². The molecule has 0 saturated carbocycles. The maximum atomic E-state index is 12.1. The second kappa shape index (κ2) is 9.88. The first-order valence-corrected chi connectivity index (χ1v) is 13.0. The summed E-state index contributed by atoms with van der Waals surface area (Å²) in [7, 11) is 0. The highest BCUT2D eigenvalue weighted by Crippen LogP contribution is 2.43. The lowest BCUT2D eigenvalue weighted by Crippen LogP contribution is -2.37. The second-order valence-corrected chi connectivity index (χ2v) is 10.3. The minimum atomic E-state index is -1.26. The largest absolute Gasteiger partial charge is 0.378 e. The lowest BCUT2D eigenvalue weighted by Gasteiger charge is -2.37. The first kappa shape index (κ1) is 24.2. The van der Waals surface area contributed by atoms with Crippen LogP contribution in [0.3, 0.4) is 0 Å². The van der Waals surface area contributed by atoms with E-state index in [-0.39, 0.29) is 5.92 Å². The van der Waals surface area contributed by atoms with Crippen molar-refractivity contribution in [3.05, 3.63) is 160 Å². The first-order valence-electron chi connectivity index (χ1n) is 12.2. The van der Waals surface area contributed by atoms with E-state index in [1.165, 1.54) is 0 Å². The van der Waals surface area contributed by atoms with Crippen LogP contribution in [0.5, 0.6) is 0 Å². The molecule has 0 saturated heterocycles. The highest BCUT2D eigenvalue weighted by molar-refractivity contribution is 9.10. The van der Waals surface area contributed by atoms with E-state index in [0.717, 1.165) is 26.7 Å². The van der Waals surface area contributed by atoms with E-state index in [4.69, 9.17) is 4.98 Å². The standard InChI is InChI=1S/C32H29BrN2O/c1-24(2)32(36,28-19-12-20-29(33)21-28)30-22-35(23-34-30)31(25-13-6-3-7-14-25,26-15-8-4-9-16-26)27-17-10-5-11-18-27/h3-24,36H,1-2H3. The van der Waals surface area contributed by atoms with Gasteiger partial charge in [0, 0.05) is 10.7 Å². The Morgan fingerprint density at radius 1 is 0.694 bits per heavy atom. The van der Waals surface area contributed by atoms with Crippen LogP contribution >= 0.6 is 15.9 Å². The van der Waals surface area contributed by atoms with Crippen molar-refractivity contribution in [3.63, 3.8) is 0 Å². The molecular formula is C32H29BrN2O. The van der Waals surface area contributed by atoms with Crippen LogP contribution in [0, 0.1) is 5.92 Å². The molecule has 4 aromatic carbocycles. The molecule has 0 radical (unpaired) electrons. The second-order valence-electron chi connectivity index (χ2n) is 9.41. The summed E-state index contributed by atoms with van der Waals surface area (Å²) in [4.78, 5) is 4.86. The molecule has 36 heavy (non-hydrogen) atoms. The highest BCUT2D eigenvalue weighted by Gasteiger charge is 2.42. The van der Waals surface area contributed by atoms with E-state index in [0.29, 0.717) is 5.69 Å². The number of hydrogen-bond donors (Lipinski definition) is 1. The average Bonchev–Trinajstić information content (AvgIpc) is 3.41. The zero-order valence-electron chi connectivity index (χ0n) is 20.4. The van der Waals surface area contributed by atoms with Gasteiger partial charge in [0.25, 0.3) is 0 Å². The number of hydrogen-bond acceptors (Lipinski definition) is 2. The van der Waals surface area contributed by atoms with Gasteiger partial charge in [0.15, 0.2) is 0 Å². The van der Waals surface area contributed by atoms with E-state index in [9.17, 15) is 5.11 Å². The monoisotopic (exact) mass is 536 g/mol. The number of aromatic nitrogens is 2. The predicted octanol–water partition coefficient (Wildman–Crippen LogP) is 7.38. The van der Waals surface area contributed by atoms with E-state index >= 15 is 0 Å². The van der Waals surface area contributed by atoms with Gasteiger partial charge in [0.05, 0.1) is 12.0 Å². The number of halogens is 1. The molecule has 1 heterocycles. The van der Waals surface area contributed by atoms with Crippen LogP contribution in [0.4, 0.5) is 0 Å². The SMILES string of the molecule is CC(C)C(O)(c1cccc(Br)c1)c1cn(C(c2ccccc2)(c2ccccc2)c2ccccc2)cn1. The number of nitrogens with zero attached hydrogens (tertiary/aromatic N) is 2. The number of rotatable bonds is 7. The van der Waals surface area contributed by atoms with Crippen molar-refractivity contribution in [1.82, 2.24) is 9.55 Å². The fourth-order valence-corrected chi connectivity index (χ4v) is 5.59. The summed E-state index contributed by atoms with van der Waals surface area (Å²) in [6.45, 7) is 4.05. The van der Waals surface area contributed by atoms with Gasteiger partial charge in [-0.05, 0) is 40.3 Å². The van der Waals surface area contributed by atoms with Crippen LogP contribution in [0.25, 0.3) is 0 Å². The molecule has 0 fully saturated rings. The minimum Gasteiger partial charge on any atom is -0.378 e. The summed E-state index contributed by atoms with van der Waals surface area (Å²) in [5.74, 6) is -0.102. The van der Waals surface area contributed by atoms with Gasteiger partial charge >= 0.3 is 0 Å². The molecule has 5 aromatic rings. The van der Waals surface area contributed by atoms with Crippen molar-refractivity contribution >= 4 is 15.9 Å². The van der Waals surface area contributed by atoms with Crippen molar-refractivity contribution in [3.8, 4) is 0 Å². The summed E-state index contributed by atoms with van der Waals surface area (Å²) < 4.78 is 3.07. The molecular weight excluding hydrogens is 508 g/mol. The van der Waals surface area contributed by atoms with Gasteiger partial charge < -0.3 is 9.67 Å². The molecule has 0 amide bonds. The Morgan fingerprint density at radius 3 is 1.61 bits per heavy atom. The maximum Gasteiger partial charge on any atom is 0.135 e. The molecule has 1 N–H and O–H groups in total. The minimum absolute atomic E-state index is 0.102. The fraction of sp³-hybridized carbons (Fsp3) is 0.156. The topological polar surface area (TPSA) is 38.0 Å². The lowest BCUT2D eigenvalue weighted by atomic mass is 9.76. The molecule has 1 aromatic heterocycles. The molecule has 4 heteroatoms. The molecule has 180 valence electrons. The highest BCUT2D eigenvalue weighted by atomic mass is 79.9. The van der Waals surface area contributed by atoms with Crippen molar-refractivity contribution in [2.75, 3.05) is 0 Å². The molecule has 0 spiro atoms. The Bertz CT molecular complexity index is 1330. The van der Waals surface area contributed by atoms with Crippen LogP contribution in [-0.4, -0.2) is 14.7 Å². The Hall–Kier alpha value is -3.47. The summed E-state index contributed by atoms with van der Waals surface area (Å²) in [5.41, 5.74) is 2.82. The van der Waals surface area contributed by atoms with Crippen molar-refractivity contribution < 1.29 is 5.11 Å². The molecule has 1 unspecified atom stereocenters. The first-order chi connectivity index (χ1) is 17.5. The summed E-state index contributed by atoms with van der Waals surface area (Å²) in [6.07, 6.45) is 3.86. The lowest BCUT2D eigenvalue weighted by molar-refractivity contribution is 0.0277. The summed E-state index contributed by atoms with van der Waals surface area (Å²) >= 11 is 3.57. The van der Waals surface area contributed by atoms with Crippen molar-refractivity contribution in [1.29, 1.82) is 0 Å². The van der Waals surface area contributed by atoms with Gasteiger partial charge in [-0.3, -0.25) is 0 Å². The van der Waals surface area contributed by atoms with Crippen LogP contribution < -0.4 is 0 Å². The Kier molecular flexibility index (Phi) is 6.65. The average molecular weight is 538 g/mol. The van der Waals surface area contributed by atoms with Gasteiger partial charge in [-0.1, -0.05) is 133 Å². The third-order valence-electron chi connectivity index (χ3n) is 7.04. The number of aliphatic hydroxyl groups is 1. The Morgan fingerprint density at radius 2 is 1.17 bits per heavy atom. The molecule has 0 aliphatic heterocycles. The molecule has 5 rings (SSSR count). The quantitative estimate of drug-likeness (QED) is 0.220. The predicted molar refractivity (Wildman–Crippen MR) is 149 cm³/mol. The molecule has 0 aliphatic rings. The normalized spacial score (nSPS) is 13.5. The molecule has 1 atom stereocenters. The van der Waals surface area contributed by atoms with Crippen LogP contribution in [-0.2, 0) is 11.1 Å². The molecule has 0 bridgehead atoms. The van der Waals surface area contributed by atoms with Crippen LogP contribution in [0.2, 0.25) is 0 Å². The van der Waals surface area contributed by atoms with E-state index < -0.39 is 11.1 Å². The Balaban J connectivity index is 1.80. The third-order valence-corrected chi connectivity index (χ3v) is 7.53. The molecule has 3 nitrogen and oxygen atoms in total. The van der Waals surface area contributed by atoms with Crippen LogP contribution in [0.1, 0.15) is 41.8 Å². The van der Waals surface area contributed by atoms with Crippen molar-refractivity contribution in [2.45, 2.75) is 25.0 Å². The van der Waals surface area contributed by atoms with Gasteiger partial charge in [-0.2, -0.15) is 0 Å². The van der Waals surface area contributed by atoms with Gasteiger partial charge in [0.2, 0.25) is 0 Å². The number of benzene rings is 4. The van der Waals surface area contributed by atoms with E-state index in [2.05, 4.69) is 93.3 Å². The van der Waals surface area contributed by atoms with E-state index in [1.54, 1.807) is 0 Å². The maximum absolute atomic E-state index is 12.1. The Labute approximate surface area is 221 Å². The van der Waals surface area contributed by atoms with Gasteiger partial charge in [-0.15, -0.1) is 0 Å². The number of imidazole rings is 1.